The molecule has 1 heteroatoms. The van der Waals surface area contributed by atoms with E-state index in [4.69, 9.17) is 0 Å². The summed E-state index contributed by atoms with van der Waals surface area (Å²) in [5.74, 6) is 0. The quantitative estimate of drug-likeness (QED) is 0.147. The summed E-state index contributed by atoms with van der Waals surface area (Å²) in [4.78, 5) is 2.40. The number of rotatable bonds is 8. The van der Waals surface area contributed by atoms with E-state index in [1.54, 1.807) is 0 Å². The Balaban J connectivity index is 0.902. The third kappa shape index (κ3) is 6.53. The molecule has 1 nitrogen and oxygen atoms in total. The Morgan fingerprint density at radius 2 is 0.714 bits per heavy atom. The number of hydrogen-bond donors (Lipinski definition) is 0. The second-order valence-corrected chi connectivity index (χ2v) is 19.7. The molecule has 11 aromatic rings. The third-order valence-corrected chi connectivity index (χ3v) is 15.6. The van der Waals surface area contributed by atoms with Gasteiger partial charge in [-0.05, 0) is 155 Å². The van der Waals surface area contributed by atoms with Crippen molar-refractivity contribution >= 4 is 27.8 Å². The number of benzene rings is 11. The Morgan fingerprint density at radius 3 is 1.34 bits per heavy atom. The smallest absolute Gasteiger partial charge is 0.0462 e. The molecule has 0 amide bonds. The fourth-order valence-electron chi connectivity index (χ4n) is 12.1. The van der Waals surface area contributed by atoms with Crippen LogP contribution in [0.2, 0.25) is 0 Å². The molecular weight excluding hydrogens is 843 g/mol. The lowest BCUT2D eigenvalue weighted by Crippen LogP contribution is -2.22. The lowest BCUT2D eigenvalue weighted by atomic mass is 9.74. The molecule has 0 N–H and O–H groups in total. The first-order valence-corrected chi connectivity index (χ1v) is 24.6. The lowest BCUT2D eigenvalue weighted by molar-refractivity contribution is 0.662. The summed E-state index contributed by atoms with van der Waals surface area (Å²) in [5.41, 5.74) is 24.8. The molecule has 332 valence electrons. The van der Waals surface area contributed by atoms with E-state index in [0.29, 0.717) is 0 Å². The molecule has 2 aliphatic carbocycles. The van der Waals surface area contributed by atoms with E-state index in [0.717, 1.165) is 17.1 Å². The van der Waals surface area contributed by atoms with Gasteiger partial charge >= 0.3 is 0 Å². The van der Waals surface area contributed by atoms with E-state index in [9.17, 15) is 0 Å². The van der Waals surface area contributed by atoms with Crippen LogP contribution in [0, 0.1) is 0 Å². The first-order chi connectivity index (χ1) is 34.4. The van der Waals surface area contributed by atoms with Crippen LogP contribution < -0.4 is 4.90 Å². The predicted octanol–water partition coefficient (Wildman–Crippen LogP) is 18.6. The van der Waals surface area contributed by atoms with Crippen LogP contribution in [0.4, 0.5) is 17.1 Å². The molecule has 0 saturated heterocycles. The molecule has 0 aliphatic heterocycles. The minimum absolute atomic E-state index is 0.106. The zero-order valence-corrected chi connectivity index (χ0v) is 39.7. The van der Waals surface area contributed by atoms with Gasteiger partial charge in [0.1, 0.15) is 0 Å². The highest BCUT2D eigenvalue weighted by Crippen LogP contribution is 2.54. The van der Waals surface area contributed by atoms with Gasteiger partial charge in [-0.3, -0.25) is 0 Å². The molecule has 11 aromatic carbocycles. The fraction of sp³-hybridized carbons (Fsp3) is 0.0725. The first-order valence-electron chi connectivity index (χ1n) is 24.6. The largest absolute Gasteiger partial charge is 0.311 e. The van der Waals surface area contributed by atoms with Crippen molar-refractivity contribution in [1.82, 2.24) is 0 Å². The topological polar surface area (TPSA) is 3.24 Å². The van der Waals surface area contributed by atoms with Crippen LogP contribution in [0.15, 0.2) is 255 Å². The van der Waals surface area contributed by atoms with Gasteiger partial charge in [-0.25, -0.2) is 0 Å². The van der Waals surface area contributed by atoms with E-state index in [2.05, 4.69) is 280 Å². The summed E-state index contributed by atoms with van der Waals surface area (Å²) in [7, 11) is 0. The summed E-state index contributed by atoms with van der Waals surface area (Å²) in [6.07, 6.45) is 0. The molecule has 0 aromatic heterocycles. The van der Waals surface area contributed by atoms with Gasteiger partial charge < -0.3 is 4.90 Å². The molecule has 0 radical (unpaired) electrons. The van der Waals surface area contributed by atoms with Crippen LogP contribution in [-0.4, -0.2) is 0 Å². The summed E-state index contributed by atoms with van der Waals surface area (Å²) < 4.78 is 0. The maximum atomic E-state index is 2.43. The van der Waals surface area contributed by atoms with Crippen LogP contribution in [0.3, 0.4) is 0 Å². The normalized spacial score (nSPS) is 15.0. The minimum Gasteiger partial charge on any atom is -0.311 e. The van der Waals surface area contributed by atoms with Gasteiger partial charge in [-0.1, -0.05) is 226 Å². The van der Waals surface area contributed by atoms with E-state index >= 15 is 0 Å². The zero-order valence-electron chi connectivity index (χ0n) is 39.7. The Bertz CT molecular complexity index is 3770. The Morgan fingerprint density at radius 1 is 0.286 bits per heavy atom. The van der Waals surface area contributed by atoms with Crippen molar-refractivity contribution in [2.24, 2.45) is 0 Å². The molecule has 0 bridgehead atoms. The molecular formula is C69H51N. The van der Waals surface area contributed by atoms with Crippen LogP contribution in [0.25, 0.3) is 77.5 Å². The average molecular weight is 894 g/mol. The summed E-state index contributed by atoms with van der Waals surface area (Å²) in [6.45, 7) is 7.13. The second kappa shape index (κ2) is 16.3. The van der Waals surface area contributed by atoms with E-state index in [-0.39, 0.29) is 10.8 Å². The Kier molecular flexibility index (Phi) is 9.71. The summed E-state index contributed by atoms with van der Waals surface area (Å²) >= 11 is 0. The number of nitrogens with zero attached hydrogens (tertiary/aromatic N) is 1. The minimum atomic E-state index is -0.257. The molecule has 0 fully saturated rings. The monoisotopic (exact) mass is 893 g/mol. The van der Waals surface area contributed by atoms with Gasteiger partial charge in [0.25, 0.3) is 0 Å². The Labute approximate surface area is 411 Å². The number of anilines is 3. The van der Waals surface area contributed by atoms with Crippen LogP contribution in [0.5, 0.6) is 0 Å². The van der Waals surface area contributed by atoms with Crippen molar-refractivity contribution in [2.75, 3.05) is 4.90 Å². The molecule has 70 heavy (non-hydrogen) atoms. The zero-order chi connectivity index (χ0) is 47.0. The Hall–Kier alpha value is -8.52. The summed E-state index contributed by atoms with van der Waals surface area (Å²) in [5, 5.41) is 2.50. The highest BCUT2D eigenvalue weighted by molar-refractivity contribution is 6.06. The molecule has 1 atom stereocenters. The van der Waals surface area contributed by atoms with Gasteiger partial charge in [-0.2, -0.15) is 0 Å². The SMILES string of the molecule is CC1(C)c2ccccc2-c2cccc(-c3ccc(N(c4ccc(-c5ccc6c(c5)C(C)(c5ccccc5)c5ccccc5-6)cc4)c4ccc(-c5cccc6cccc(-c7ccccc7)c56)cc4)cc3)c21. The predicted molar refractivity (Wildman–Crippen MR) is 295 cm³/mol. The average Bonchev–Trinajstić information content (AvgIpc) is 3.83. The molecule has 0 spiro atoms. The molecule has 13 rings (SSSR count). The van der Waals surface area contributed by atoms with Gasteiger partial charge in [0.05, 0.1) is 0 Å². The van der Waals surface area contributed by atoms with Crippen molar-refractivity contribution in [2.45, 2.75) is 31.6 Å². The van der Waals surface area contributed by atoms with Crippen molar-refractivity contribution in [3.05, 3.63) is 283 Å². The second-order valence-electron chi connectivity index (χ2n) is 19.7. The van der Waals surface area contributed by atoms with Crippen LogP contribution >= 0.6 is 0 Å². The van der Waals surface area contributed by atoms with Gasteiger partial charge in [0.15, 0.2) is 0 Å². The molecule has 0 saturated carbocycles. The fourth-order valence-corrected chi connectivity index (χ4v) is 12.1. The van der Waals surface area contributed by atoms with Crippen molar-refractivity contribution in [1.29, 1.82) is 0 Å². The van der Waals surface area contributed by atoms with Crippen molar-refractivity contribution in [3.8, 4) is 66.8 Å². The third-order valence-electron chi connectivity index (χ3n) is 15.6. The van der Waals surface area contributed by atoms with Crippen LogP contribution in [-0.2, 0) is 10.8 Å². The maximum Gasteiger partial charge on any atom is 0.0462 e. The van der Waals surface area contributed by atoms with Crippen LogP contribution in [0.1, 0.15) is 48.6 Å². The standard InChI is InChI=1S/C69H51N/c1-68(2)63-29-12-10-24-60(63)62-28-16-27-58(67(62)68)49-35-42-55(43-36-49)70(54-40-33-48(34-41-54)57-26-15-20-50-19-14-25-56(66(50)57)47-17-6-4-7-18-47)53-38-31-46(32-39-53)51-37-44-61-59-23-11-13-30-64(59)69(3,65(61)45-51)52-21-8-5-9-22-52/h4-45H,1-3H3. The number of fused-ring (bicyclic) bond motifs is 7. The highest BCUT2D eigenvalue weighted by Gasteiger charge is 2.41. The molecule has 2 aliphatic rings. The van der Waals surface area contributed by atoms with E-state index < -0.39 is 0 Å². The first kappa shape index (κ1) is 41.7. The molecule has 0 heterocycles. The van der Waals surface area contributed by atoms with Crippen molar-refractivity contribution < 1.29 is 0 Å². The van der Waals surface area contributed by atoms with Crippen molar-refractivity contribution in [3.63, 3.8) is 0 Å². The highest BCUT2D eigenvalue weighted by atomic mass is 15.1. The maximum absolute atomic E-state index is 2.43. The molecule has 1 unspecified atom stereocenters. The van der Waals surface area contributed by atoms with Gasteiger partial charge in [0, 0.05) is 27.9 Å². The lowest BCUT2D eigenvalue weighted by Gasteiger charge is -2.28. The number of hydrogen-bond acceptors (Lipinski definition) is 1. The van der Waals surface area contributed by atoms with Gasteiger partial charge in [0.2, 0.25) is 0 Å². The van der Waals surface area contributed by atoms with E-state index in [1.165, 1.54) is 105 Å². The summed E-state index contributed by atoms with van der Waals surface area (Å²) in [6, 6.07) is 94.3. The van der Waals surface area contributed by atoms with Gasteiger partial charge in [-0.15, -0.1) is 0 Å². The van der Waals surface area contributed by atoms with E-state index in [1.807, 2.05) is 0 Å².